The Bertz CT molecular complexity index is 579. The molecule has 6 heteroatoms. The predicted molar refractivity (Wildman–Crippen MR) is 117 cm³/mol. The van der Waals surface area contributed by atoms with Gasteiger partial charge in [0.25, 0.3) is 0 Å². The minimum absolute atomic E-state index is 0.00768. The summed E-state index contributed by atoms with van der Waals surface area (Å²) in [7, 11) is 2.16. The van der Waals surface area contributed by atoms with Crippen molar-refractivity contribution in [2.24, 2.45) is 0 Å². The van der Waals surface area contributed by atoms with E-state index < -0.39 is 0 Å². The lowest BCUT2D eigenvalue weighted by Gasteiger charge is -2.31. The number of hydrogen-bond donors (Lipinski definition) is 1. The van der Waals surface area contributed by atoms with Gasteiger partial charge in [-0.25, -0.2) is 0 Å². The Morgan fingerprint density at radius 2 is 2.18 bits per heavy atom. The number of nitrogens with one attached hydrogen (secondary N) is 1. The molecule has 1 unspecified atom stereocenters. The first-order valence-electron chi connectivity index (χ1n) is 10.5. The number of amides is 1. The highest BCUT2D eigenvalue weighted by Gasteiger charge is 2.18. The monoisotopic (exact) mass is 408 g/mol. The van der Waals surface area contributed by atoms with E-state index in [-0.39, 0.29) is 11.2 Å². The van der Waals surface area contributed by atoms with Crippen LogP contribution in [0.15, 0.2) is 24.3 Å². The van der Waals surface area contributed by atoms with E-state index in [1.807, 2.05) is 31.2 Å². The van der Waals surface area contributed by atoms with Crippen molar-refractivity contribution in [1.29, 1.82) is 0 Å². The van der Waals surface area contributed by atoms with Crippen molar-refractivity contribution in [3.63, 3.8) is 0 Å². The number of carbonyl (C=O) groups is 1. The average molecular weight is 409 g/mol. The van der Waals surface area contributed by atoms with Gasteiger partial charge in [-0.1, -0.05) is 25.5 Å². The molecule has 0 aromatic heterocycles. The Hall–Kier alpha value is -1.24. The number of hydrogen-bond acceptors (Lipinski definition) is 5. The predicted octanol–water partition coefficient (Wildman–Crippen LogP) is 3.71. The zero-order valence-electron chi connectivity index (χ0n) is 17.6. The van der Waals surface area contributed by atoms with Crippen LogP contribution in [0.3, 0.4) is 0 Å². The summed E-state index contributed by atoms with van der Waals surface area (Å²) in [4.78, 5) is 14.6. The number of likely N-dealkylation sites (N-methyl/N-ethyl adjacent to an activating group) is 1. The van der Waals surface area contributed by atoms with Crippen LogP contribution in [-0.2, 0) is 16.1 Å². The van der Waals surface area contributed by atoms with Crippen molar-refractivity contribution in [2.45, 2.75) is 57.4 Å². The summed E-state index contributed by atoms with van der Waals surface area (Å²) in [5, 5.41) is 3.03. The van der Waals surface area contributed by atoms with E-state index in [1.54, 1.807) is 11.8 Å². The minimum Gasteiger partial charge on any atom is -0.492 e. The lowest BCUT2D eigenvalue weighted by molar-refractivity contribution is -0.120. The van der Waals surface area contributed by atoms with Gasteiger partial charge < -0.3 is 14.8 Å². The third-order valence-corrected chi connectivity index (χ3v) is 6.37. The zero-order valence-corrected chi connectivity index (χ0v) is 18.4. The molecule has 1 saturated heterocycles. The molecule has 1 fully saturated rings. The van der Waals surface area contributed by atoms with Gasteiger partial charge in [0.2, 0.25) is 5.91 Å². The van der Waals surface area contributed by atoms with E-state index in [2.05, 4.69) is 24.2 Å². The van der Waals surface area contributed by atoms with Gasteiger partial charge in [-0.3, -0.25) is 9.69 Å². The Labute approximate surface area is 174 Å². The molecule has 1 aliphatic rings. The maximum Gasteiger partial charge on any atom is 0.233 e. The van der Waals surface area contributed by atoms with Crippen LogP contribution in [0.4, 0.5) is 0 Å². The van der Waals surface area contributed by atoms with Gasteiger partial charge in [-0.2, -0.15) is 0 Å². The van der Waals surface area contributed by atoms with E-state index >= 15 is 0 Å². The second-order valence-corrected chi connectivity index (χ2v) is 8.85. The van der Waals surface area contributed by atoms with Crippen LogP contribution in [0.5, 0.6) is 5.75 Å². The first-order chi connectivity index (χ1) is 13.6. The summed E-state index contributed by atoms with van der Waals surface area (Å²) in [5.41, 5.74) is 1.06. The van der Waals surface area contributed by atoms with Crippen LogP contribution in [-0.4, -0.2) is 61.3 Å². The van der Waals surface area contributed by atoms with Crippen molar-refractivity contribution < 1.29 is 14.3 Å². The third kappa shape index (κ3) is 8.41. The van der Waals surface area contributed by atoms with Crippen molar-refractivity contribution >= 4 is 17.7 Å². The van der Waals surface area contributed by atoms with Crippen molar-refractivity contribution in [3.8, 4) is 5.75 Å². The normalized spacial score (nSPS) is 16.1. The second-order valence-electron chi connectivity index (χ2n) is 7.40. The molecular formula is C22H36N2O3S. The Kier molecular flexibility index (Phi) is 10.8. The number of nitrogens with zero attached hydrogens (tertiary/aromatic N) is 1. The maximum absolute atomic E-state index is 12.2. The highest BCUT2D eigenvalue weighted by Crippen LogP contribution is 2.16. The topological polar surface area (TPSA) is 50.8 Å². The number of ether oxygens (including phenoxy) is 2. The molecule has 28 heavy (non-hydrogen) atoms. The van der Waals surface area contributed by atoms with Crippen LogP contribution in [0.1, 0.15) is 45.1 Å². The molecule has 0 spiro atoms. The smallest absolute Gasteiger partial charge is 0.233 e. The number of benzene rings is 1. The summed E-state index contributed by atoms with van der Waals surface area (Å²) in [5.74, 6) is 2.00. The largest absolute Gasteiger partial charge is 0.492 e. The van der Waals surface area contributed by atoms with E-state index in [0.717, 1.165) is 56.1 Å². The van der Waals surface area contributed by atoms with E-state index in [0.29, 0.717) is 19.2 Å². The molecule has 1 aromatic rings. The van der Waals surface area contributed by atoms with Crippen LogP contribution >= 0.6 is 11.8 Å². The lowest BCUT2D eigenvalue weighted by Crippen LogP contribution is -2.38. The number of unbranched alkanes of at least 4 members (excludes halogenated alkanes) is 1. The standard InChI is InChI=1S/C22H36N2O3S/c1-4-5-15-28-18(2)22(25)23-17-19-7-6-8-21(16-19)27-14-11-24(3)20-9-12-26-13-10-20/h6-8,16,18,20H,4-5,9-15,17H2,1-3H3,(H,23,25). The van der Waals surface area contributed by atoms with Crippen LogP contribution in [0.2, 0.25) is 0 Å². The van der Waals surface area contributed by atoms with Gasteiger partial charge in [-0.05, 0) is 56.7 Å². The summed E-state index contributed by atoms with van der Waals surface area (Å²) in [6, 6.07) is 8.59. The third-order valence-electron chi connectivity index (χ3n) is 5.13. The fourth-order valence-corrected chi connectivity index (χ4v) is 4.22. The van der Waals surface area contributed by atoms with Crippen molar-refractivity contribution in [3.05, 3.63) is 29.8 Å². The molecule has 5 nitrogen and oxygen atoms in total. The highest BCUT2D eigenvalue weighted by atomic mass is 32.2. The SMILES string of the molecule is CCCCSC(C)C(=O)NCc1cccc(OCCN(C)C2CCOCC2)c1. The summed E-state index contributed by atoms with van der Waals surface area (Å²) >= 11 is 1.72. The van der Waals surface area contributed by atoms with Crippen LogP contribution in [0, 0.1) is 0 Å². The molecular weight excluding hydrogens is 372 g/mol. The molecule has 0 aliphatic carbocycles. The fraction of sp³-hybridized carbons (Fsp3) is 0.682. The Balaban J connectivity index is 1.70. The van der Waals surface area contributed by atoms with E-state index in [4.69, 9.17) is 9.47 Å². The van der Waals surface area contributed by atoms with Crippen LogP contribution in [0.25, 0.3) is 0 Å². The first-order valence-corrected chi connectivity index (χ1v) is 11.5. The van der Waals surface area contributed by atoms with Gasteiger partial charge in [0.05, 0.1) is 5.25 Å². The van der Waals surface area contributed by atoms with E-state index in [9.17, 15) is 4.79 Å². The minimum atomic E-state index is -0.00768. The number of rotatable bonds is 12. The van der Waals surface area contributed by atoms with Crippen molar-refractivity contribution in [1.82, 2.24) is 10.2 Å². The molecule has 1 heterocycles. The molecule has 1 aliphatic heterocycles. The van der Waals surface area contributed by atoms with E-state index in [1.165, 1.54) is 6.42 Å². The Morgan fingerprint density at radius 1 is 1.39 bits per heavy atom. The molecule has 0 radical (unpaired) electrons. The van der Waals surface area contributed by atoms with Crippen molar-refractivity contribution in [2.75, 3.05) is 39.2 Å². The molecule has 158 valence electrons. The number of thioether (sulfide) groups is 1. The van der Waals surface area contributed by atoms with Gasteiger partial charge in [0.15, 0.2) is 0 Å². The van der Waals surface area contributed by atoms with Gasteiger partial charge >= 0.3 is 0 Å². The highest BCUT2D eigenvalue weighted by molar-refractivity contribution is 8.00. The van der Waals surface area contributed by atoms with Gasteiger partial charge in [0, 0.05) is 32.3 Å². The fourth-order valence-electron chi connectivity index (χ4n) is 3.17. The lowest BCUT2D eigenvalue weighted by atomic mass is 10.1. The zero-order chi connectivity index (χ0) is 20.2. The molecule has 1 N–H and O–H groups in total. The molecule has 1 amide bonds. The summed E-state index contributed by atoms with van der Waals surface area (Å²) in [6.45, 7) is 7.97. The number of carbonyl (C=O) groups excluding carboxylic acids is 1. The van der Waals surface area contributed by atoms with Gasteiger partial charge in [0.1, 0.15) is 12.4 Å². The first kappa shape index (κ1) is 23.0. The molecule has 2 rings (SSSR count). The quantitative estimate of drug-likeness (QED) is 0.534. The summed E-state index contributed by atoms with van der Waals surface area (Å²) in [6.07, 6.45) is 4.52. The average Bonchev–Trinajstić information content (AvgIpc) is 2.73. The Morgan fingerprint density at radius 3 is 2.93 bits per heavy atom. The molecule has 0 bridgehead atoms. The maximum atomic E-state index is 12.2. The van der Waals surface area contributed by atoms with Crippen LogP contribution < -0.4 is 10.1 Å². The molecule has 0 saturated carbocycles. The van der Waals surface area contributed by atoms with Gasteiger partial charge in [-0.15, -0.1) is 11.8 Å². The summed E-state index contributed by atoms with van der Waals surface area (Å²) < 4.78 is 11.4. The molecule has 1 atom stereocenters. The molecule has 1 aromatic carbocycles. The second kappa shape index (κ2) is 13.1.